The van der Waals surface area contributed by atoms with Gasteiger partial charge in [0.2, 0.25) is 0 Å². The van der Waals surface area contributed by atoms with Crippen molar-refractivity contribution >= 4 is 36.6 Å². The van der Waals surface area contributed by atoms with Crippen molar-refractivity contribution in [3.63, 3.8) is 0 Å². The average molecular weight is 311 g/mol. The average Bonchev–Trinajstić information content (AvgIpc) is 2.34. The maximum atomic E-state index is 5.63. The molecule has 0 fully saturated rings. The fourth-order valence-electron chi connectivity index (χ4n) is 1.63. The molecule has 0 amide bonds. The molecule has 0 heterocycles. The number of thioether (sulfide) groups is 1. The summed E-state index contributed by atoms with van der Waals surface area (Å²) in [6, 6.07) is 10.6. The van der Waals surface area contributed by atoms with Crippen molar-refractivity contribution < 1.29 is 0 Å². The van der Waals surface area contributed by atoms with Gasteiger partial charge in [0.05, 0.1) is 0 Å². The minimum absolute atomic E-state index is 0. The Kier molecular flexibility index (Phi) is 15.3. The quantitative estimate of drug-likeness (QED) is 0.775. The molecule has 18 heavy (non-hydrogen) atoms. The highest BCUT2D eigenvalue weighted by Gasteiger charge is 2.07. The van der Waals surface area contributed by atoms with Crippen LogP contribution in [-0.4, -0.2) is 18.3 Å². The fraction of sp³-hybridized carbons (Fsp3) is 0.538. The number of rotatable bonds is 8. The number of hydrogen-bond acceptors (Lipinski definition) is 3. The Morgan fingerprint density at radius 1 is 0.944 bits per heavy atom. The van der Waals surface area contributed by atoms with E-state index < -0.39 is 0 Å². The van der Waals surface area contributed by atoms with Crippen LogP contribution in [0.3, 0.4) is 0 Å². The summed E-state index contributed by atoms with van der Waals surface area (Å²) in [4.78, 5) is 0. The Morgan fingerprint density at radius 2 is 1.61 bits per heavy atom. The van der Waals surface area contributed by atoms with Crippen LogP contribution in [0.1, 0.15) is 24.8 Å². The second-order valence-electron chi connectivity index (χ2n) is 3.93. The lowest BCUT2D eigenvalue weighted by Gasteiger charge is -2.15. The highest BCUT2D eigenvalue weighted by molar-refractivity contribution is 7.99. The summed E-state index contributed by atoms with van der Waals surface area (Å²) in [5, 5.41) is 0.661. The van der Waals surface area contributed by atoms with Crippen LogP contribution in [0.2, 0.25) is 0 Å². The number of halogens is 2. The minimum atomic E-state index is 0. The zero-order valence-electron chi connectivity index (χ0n) is 10.6. The third kappa shape index (κ3) is 9.06. The SMILES string of the molecule is Cl.Cl.NCCCC(CCN)SCc1ccccc1. The second kappa shape index (κ2) is 13.5. The van der Waals surface area contributed by atoms with Crippen LogP contribution < -0.4 is 11.5 Å². The molecule has 0 saturated heterocycles. The maximum Gasteiger partial charge on any atom is 0.0187 e. The van der Waals surface area contributed by atoms with Gasteiger partial charge in [-0.05, 0) is 37.9 Å². The van der Waals surface area contributed by atoms with Gasteiger partial charge in [-0.2, -0.15) is 11.8 Å². The number of hydrogen-bond donors (Lipinski definition) is 2. The van der Waals surface area contributed by atoms with Crippen molar-refractivity contribution in [2.24, 2.45) is 11.5 Å². The Morgan fingerprint density at radius 3 is 2.17 bits per heavy atom. The van der Waals surface area contributed by atoms with Gasteiger partial charge >= 0.3 is 0 Å². The molecule has 0 radical (unpaired) electrons. The van der Waals surface area contributed by atoms with Gasteiger partial charge < -0.3 is 11.5 Å². The van der Waals surface area contributed by atoms with Crippen LogP contribution in [0.25, 0.3) is 0 Å². The molecular formula is C13H24Cl2N2S. The van der Waals surface area contributed by atoms with E-state index in [4.69, 9.17) is 11.5 Å². The van der Waals surface area contributed by atoms with Crippen molar-refractivity contribution in [2.45, 2.75) is 30.3 Å². The predicted molar refractivity (Wildman–Crippen MR) is 88.0 cm³/mol. The molecule has 1 aromatic carbocycles. The van der Waals surface area contributed by atoms with Gasteiger partial charge in [-0.3, -0.25) is 0 Å². The van der Waals surface area contributed by atoms with E-state index in [-0.39, 0.29) is 24.8 Å². The Hall–Kier alpha value is 0.0700. The molecule has 0 spiro atoms. The van der Waals surface area contributed by atoms with Crippen LogP contribution in [0, 0.1) is 0 Å². The highest BCUT2D eigenvalue weighted by Crippen LogP contribution is 2.23. The van der Waals surface area contributed by atoms with Gasteiger partial charge in [-0.25, -0.2) is 0 Å². The van der Waals surface area contributed by atoms with Gasteiger partial charge in [0.25, 0.3) is 0 Å². The topological polar surface area (TPSA) is 52.0 Å². The molecule has 2 nitrogen and oxygen atoms in total. The molecule has 0 aliphatic carbocycles. The molecule has 1 atom stereocenters. The van der Waals surface area contributed by atoms with E-state index in [9.17, 15) is 0 Å². The van der Waals surface area contributed by atoms with Crippen molar-refractivity contribution in [3.8, 4) is 0 Å². The summed E-state index contributed by atoms with van der Waals surface area (Å²) in [6.45, 7) is 1.56. The maximum absolute atomic E-state index is 5.63. The van der Waals surface area contributed by atoms with E-state index in [1.807, 2.05) is 11.8 Å². The smallest absolute Gasteiger partial charge is 0.0187 e. The third-order valence-corrected chi connectivity index (χ3v) is 3.99. The first-order valence-electron chi connectivity index (χ1n) is 5.92. The molecule has 0 aliphatic heterocycles. The number of benzene rings is 1. The molecule has 0 aliphatic rings. The van der Waals surface area contributed by atoms with Gasteiger partial charge in [0, 0.05) is 11.0 Å². The molecule has 1 unspecified atom stereocenters. The molecule has 0 saturated carbocycles. The minimum Gasteiger partial charge on any atom is -0.330 e. The van der Waals surface area contributed by atoms with E-state index in [0.717, 1.165) is 31.7 Å². The largest absolute Gasteiger partial charge is 0.330 e. The Labute approximate surface area is 127 Å². The van der Waals surface area contributed by atoms with Crippen LogP contribution in [-0.2, 0) is 5.75 Å². The fourth-order valence-corrected chi connectivity index (χ4v) is 2.89. The van der Waals surface area contributed by atoms with E-state index in [1.165, 1.54) is 12.0 Å². The van der Waals surface area contributed by atoms with Crippen molar-refractivity contribution in [1.82, 2.24) is 0 Å². The summed E-state index contributed by atoms with van der Waals surface area (Å²) < 4.78 is 0. The summed E-state index contributed by atoms with van der Waals surface area (Å²) >= 11 is 2.00. The second-order valence-corrected chi connectivity index (χ2v) is 5.22. The Bertz CT molecular complexity index is 273. The van der Waals surface area contributed by atoms with Crippen LogP contribution in [0.4, 0.5) is 0 Å². The zero-order valence-corrected chi connectivity index (χ0v) is 13.0. The molecule has 1 aromatic rings. The lowest BCUT2D eigenvalue weighted by atomic mass is 10.2. The molecule has 4 N–H and O–H groups in total. The van der Waals surface area contributed by atoms with E-state index >= 15 is 0 Å². The van der Waals surface area contributed by atoms with Gasteiger partial charge in [0.1, 0.15) is 0 Å². The van der Waals surface area contributed by atoms with E-state index in [1.54, 1.807) is 0 Å². The lowest BCUT2D eigenvalue weighted by Crippen LogP contribution is -2.13. The lowest BCUT2D eigenvalue weighted by molar-refractivity contribution is 0.668. The van der Waals surface area contributed by atoms with Crippen molar-refractivity contribution in [1.29, 1.82) is 0 Å². The van der Waals surface area contributed by atoms with Crippen LogP contribution in [0.5, 0.6) is 0 Å². The predicted octanol–water partition coefficient (Wildman–Crippen LogP) is 3.22. The first-order valence-corrected chi connectivity index (χ1v) is 6.97. The first-order chi connectivity index (χ1) is 7.86. The highest BCUT2D eigenvalue weighted by atomic mass is 35.5. The molecule has 0 bridgehead atoms. The monoisotopic (exact) mass is 310 g/mol. The molecule has 106 valence electrons. The Balaban J connectivity index is 0. The molecular weight excluding hydrogens is 287 g/mol. The van der Waals surface area contributed by atoms with Gasteiger partial charge in [-0.1, -0.05) is 30.3 Å². The van der Waals surface area contributed by atoms with Crippen LogP contribution >= 0.6 is 36.6 Å². The summed E-state index contributed by atoms with van der Waals surface area (Å²) in [5.74, 6) is 1.08. The molecule has 1 rings (SSSR count). The van der Waals surface area contributed by atoms with Crippen LogP contribution in [0.15, 0.2) is 30.3 Å². The normalized spacial score (nSPS) is 11.2. The molecule has 5 heteroatoms. The summed E-state index contributed by atoms with van der Waals surface area (Å²) in [6.07, 6.45) is 3.38. The van der Waals surface area contributed by atoms with E-state index in [0.29, 0.717) is 5.25 Å². The van der Waals surface area contributed by atoms with Crippen molar-refractivity contribution in [3.05, 3.63) is 35.9 Å². The zero-order chi connectivity index (χ0) is 11.6. The molecule has 0 aromatic heterocycles. The number of nitrogens with two attached hydrogens (primary N) is 2. The van der Waals surface area contributed by atoms with Crippen molar-refractivity contribution in [2.75, 3.05) is 13.1 Å². The van der Waals surface area contributed by atoms with Gasteiger partial charge in [-0.15, -0.1) is 24.8 Å². The summed E-state index contributed by atoms with van der Waals surface area (Å²) in [7, 11) is 0. The summed E-state index contributed by atoms with van der Waals surface area (Å²) in [5.41, 5.74) is 12.6. The van der Waals surface area contributed by atoms with E-state index in [2.05, 4.69) is 30.3 Å². The standard InChI is InChI=1S/C13H22N2S.2ClH/c14-9-4-7-13(8-10-15)16-11-12-5-2-1-3-6-12;;/h1-3,5-6,13H,4,7-11,14-15H2;2*1H. The first kappa shape index (κ1) is 20.4. The van der Waals surface area contributed by atoms with Gasteiger partial charge in [0.15, 0.2) is 0 Å². The third-order valence-electron chi connectivity index (χ3n) is 2.55.